The van der Waals surface area contributed by atoms with E-state index in [9.17, 15) is 0 Å². The van der Waals surface area contributed by atoms with Crippen LogP contribution in [-0.4, -0.2) is 32.3 Å². The van der Waals surface area contributed by atoms with Crippen molar-refractivity contribution >= 4 is 5.96 Å². The zero-order chi connectivity index (χ0) is 10.1. The van der Waals surface area contributed by atoms with Gasteiger partial charge < -0.3 is 10.1 Å². The molecule has 4 N–H and O–H groups in total. The summed E-state index contributed by atoms with van der Waals surface area (Å²) < 4.78 is 4.97. The predicted molar refractivity (Wildman–Crippen MR) is 54.4 cm³/mol. The van der Waals surface area contributed by atoms with Crippen LogP contribution in [-0.2, 0) is 4.74 Å². The lowest BCUT2D eigenvalue weighted by Crippen LogP contribution is -2.46. The van der Waals surface area contributed by atoms with E-state index in [1.807, 2.05) is 6.92 Å². The highest BCUT2D eigenvalue weighted by Crippen LogP contribution is 1.83. The molecular weight excluding hydrogens is 168 g/mol. The molecule has 0 heterocycles. The molecule has 0 spiro atoms. The Morgan fingerprint density at radius 2 is 2.31 bits per heavy atom. The summed E-state index contributed by atoms with van der Waals surface area (Å²) in [7, 11) is 1.66. The van der Waals surface area contributed by atoms with Gasteiger partial charge in [-0.25, -0.2) is 5.84 Å². The van der Waals surface area contributed by atoms with E-state index < -0.39 is 0 Å². The van der Waals surface area contributed by atoms with Crippen LogP contribution in [0.5, 0.6) is 0 Å². The van der Waals surface area contributed by atoms with Gasteiger partial charge in [-0.3, -0.25) is 10.4 Å². The number of hydrazine groups is 1. The van der Waals surface area contributed by atoms with E-state index in [1.165, 1.54) is 0 Å². The Hall–Kier alpha value is -0.810. The molecule has 5 nitrogen and oxygen atoms in total. The van der Waals surface area contributed by atoms with Gasteiger partial charge in [0.25, 0.3) is 0 Å². The van der Waals surface area contributed by atoms with Crippen molar-refractivity contribution in [3.05, 3.63) is 0 Å². The summed E-state index contributed by atoms with van der Waals surface area (Å²) in [5, 5.41) is 3.09. The van der Waals surface area contributed by atoms with Crippen LogP contribution in [0.15, 0.2) is 4.99 Å². The fourth-order valence-corrected chi connectivity index (χ4v) is 0.882. The molecule has 0 aliphatic carbocycles. The maximum Gasteiger partial charge on any atom is 0.206 e. The number of guanidine groups is 1. The molecule has 0 aliphatic rings. The second kappa shape index (κ2) is 7.82. The second-order valence-corrected chi connectivity index (χ2v) is 2.88. The number of hydrogen-bond donors (Lipinski definition) is 3. The maximum absolute atomic E-state index is 5.27. The van der Waals surface area contributed by atoms with Gasteiger partial charge in [-0.2, -0.15) is 0 Å². The first-order valence-electron chi connectivity index (χ1n) is 4.51. The highest BCUT2D eigenvalue weighted by Gasteiger charge is 2.02. The Morgan fingerprint density at radius 3 is 2.77 bits per heavy atom. The van der Waals surface area contributed by atoms with Crippen molar-refractivity contribution in [1.29, 1.82) is 0 Å². The fraction of sp³-hybridized carbons (Fsp3) is 0.875. The molecular formula is C8H20N4O. The van der Waals surface area contributed by atoms with E-state index in [4.69, 9.17) is 10.6 Å². The molecule has 5 heteroatoms. The number of rotatable bonds is 5. The molecule has 0 rings (SSSR count). The van der Waals surface area contributed by atoms with Gasteiger partial charge in [0.1, 0.15) is 0 Å². The second-order valence-electron chi connectivity index (χ2n) is 2.88. The van der Waals surface area contributed by atoms with Crippen LogP contribution in [0.25, 0.3) is 0 Å². The molecule has 0 aromatic rings. The lowest BCUT2D eigenvalue weighted by atomic mass is 10.4. The van der Waals surface area contributed by atoms with Gasteiger partial charge in [-0.1, -0.05) is 6.92 Å². The van der Waals surface area contributed by atoms with Crippen LogP contribution >= 0.6 is 0 Å². The average molecular weight is 188 g/mol. The van der Waals surface area contributed by atoms with Gasteiger partial charge in [0, 0.05) is 19.7 Å². The van der Waals surface area contributed by atoms with Gasteiger partial charge in [-0.05, 0) is 13.3 Å². The first kappa shape index (κ1) is 12.2. The van der Waals surface area contributed by atoms with E-state index in [-0.39, 0.29) is 6.04 Å². The lowest BCUT2D eigenvalue weighted by molar-refractivity contribution is 0.179. The van der Waals surface area contributed by atoms with E-state index in [2.05, 4.69) is 22.7 Å². The molecule has 0 aliphatic heterocycles. The number of nitrogens with one attached hydrogen (secondary N) is 2. The third-order valence-electron chi connectivity index (χ3n) is 1.43. The molecule has 0 bridgehead atoms. The summed E-state index contributed by atoms with van der Waals surface area (Å²) in [5.74, 6) is 5.89. The quantitative estimate of drug-likeness (QED) is 0.243. The van der Waals surface area contributed by atoms with Crippen LogP contribution < -0.4 is 16.6 Å². The number of nitrogens with two attached hydrogens (primary N) is 1. The van der Waals surface area contributed by atoms with E-state index in [0.29, 0.717) is 12.6 Å². The monoisotopic (exact) mass is 188 g/mol. The summed E-state index contributed by atoms with van der Waals surface area (Å²) >= 11 is 0. The number of methoxy groups -OCH3 is 1. The Balaban J connectivity index is 3.82. The van der Waals surface area contributed by atoms with Gasteiger partial charge in [0.2, 0.25) is 5.96 Å². The molecule has 0 aromatic heterocycles. The van der Waals surface area contributed by atoms with Crippen molar-refractivity contribution in [3.8, 4) is 0 Å². The molecule has 13 heavy (non-hydrogen) atoms. The van der Waals surface area contributed by atoms with Crippen LogP contribution in [0, 0.1) is 0 Å². The Morgan fingerprint density at radius 1 is 1.62 bits per heavy atom. The number of hydrogen-bond acceptors (Lipinski definition) is 3. The topological polar surface area (TPSA) is 71.7 Å². The lowest BCUT2D eigenvalue weighted by Gasteiger charge is -2.15. The minimum Gasteiger partial charge on any atom is -0.383 e. The van der Waals surface area contributed by atoms with Gasteiger partial charge in [0.05, 0.1) is 6.61 Å². The zero-order valence-corrected chi connectivity index (χ0v) is 8.63. The van der Waals surface area contributed by atoms with Crippen molar-refractivity contribution in [1.82, 2.24) is 10.7 Å². The molecule has 78 valence electrons. The largest absolute Gasteiger partial charge is 0.383 e. The number of aliphatic imine (C=N–C) groups is 1. The highest BCUT2D eigenvalue weighted by molar-refractivity contribution is 5.79. The molecule has 0 aromatic carbocycles. The van der Waals surface area contributed by atoms with Crippen molar-refractivity contribution in [2.75, 3.05) is 20.3 Å². The zero-order valence-electron chi connectivity index (χ0n) is 8.63. The molecule has 1 unspecified atom stereocenters. The summed E-state index contributed by atoms with van der Waals surface area (Å²) in [4.78, 5) is 4.20. The molecule has 0 amide bonds. The Labute approximate surface area is 79.7 Å². The Bertz CT molecular complexity index is 149. The van der Waals surface area contributed by atoms with Crippen molar-refractivity contribution in [3.63, 3.8) is 0 Å². The summed E-state index contributed by atoms with van der Waals surface area (Å²) in [6, 6.07) is 0.205. The van der Waals surface area contributed by atoms with E-state index in [1.54, 1.807) is 7.11 Å². The highest BCUT2D eigenvalue weighted by atomic mass is 16.5. The predicted octanol–water partition coefficient (Wildman–Crippen LogP) is -0.160. The third-order valence-corrected chi connectivity index (χ3v) is 1.43. The minimum absolute atomic E-state index is 0.205. The van der Waals surface area contributed by atoms with Crippen LogP contribution in [0.2, 0.25) is 0 Å². The average Bonchev–Trinajstić information content (AvgIpc) is 2.12. The normalized spacial score (nSPS) is 14.0. The van der Waals surface area contributed by atoms with Crippen molar-refractivity contribution < 1.29 is 4.74 Å². The summed E-state index contributed by atoms with van der Waals surface area (Å²) in [5.41, 5.74) is 2.51. The maximum atomic E-state index is 5.27. The first-order chi connectivity index (χ1) is 6.24. The van der Waals surface area contributed by atoms with Crippen LogP contribution in [0.3, 0.4) is 0 Å². The molecule has 0 saturated heterocycles. The molecule has 0 radical (unpaired) electrons. The SMILES string of the molecule is CCCN=C(NN)NC(C)COC. The van der Waals surface area contributed by atoms with Crippen LogP contribution in [0.1, 0.15) is 20.3 Å². The molecule has 0 fully saturated rings. The fourth-order valence-electron chi connectivity index (χ4n) is 0.882. The molecule has 1 atom stereocenters. The standard InChI is InChI=1S/C8H20N4O/c1-4-5-10-8(12-9)11-7(2)6-13-3/h7H,4-6,9H2,1-3H3,(H2,10,11,12). The van der Waals surface area contributed by atoms with Crippen molar-refractivity contribution in [2.24, 2.45) is 10.8 Å². The summed E-state index contributed by atoms with van der Waals surface area (Å²) in [6.07, 6.45) is 1.01. The number of ether oxygens (including phenoxy) is 1. The van der Waals surface area contributed by atoms with Crippen LogP contribution in [0.4, 0.5) is 0 Å². The van der Waals surface area contributed by atoms with E-state index >= 15 is 0 Å². The first-order valence-corrected chi connectivity index (χ1v) is 4.51. The van der Waals surface area contributed by atoms with Gasteiger partial charge in [-0.15, -0.1) is 0 Å². The van der Waals surface area contributed by atoms with Gasteiger partial charge >= 0.3 is 0 Å². The number of nitrogens with zero attached hydrogens (tertiary/aromatic N) is 1. The Kier molecular flexibility index (Phi) is 7.33. The van der Waals surface area contributed by atoms with Crippen molar-refractivity contribution in [2.45, 2.75) is 26.3 Å². The van der Waals surface area contributed by atoms with Gasteiger partial charge in [0.15, 0.2) is 0 Å². The smallest absolute Gasteiger partial charge is 0.206 e. The molecule has 0 saturated carbocycles. The third kappa shape index (κ3) is 6.36. The van der Waals surface area contributed by atoms with E-state index in [0.717, 1.165) is 13.0 Å². The summed E-state index contributed by atoms with van der Waals surface area (Å²) in [6.45, 7) is 5.47. The minimum atomic E-state index is 0.205.